The monoisotopic (exact) mass is 307 g/mol. The lowest BCUT2D eigenvalue weighted by Crippen LogP contribution is -2.32. The smallest absolute Gasteiger partial charge is 0.246 e. The number of benzene rings is 2. The third kappa shape index (κ3) is 4.33. The number of nitrogens with one attached hydrogen (secondary N) is 2. The predicted octanol–water partition coefficient (Wildman–Crippen LogP) is 4.12. The Kier molecular flexibility index (Phi) is 5.37. The molecule has 0 saturated heterocycles. The lowest BCUT2D eigenvalue weighted by Gasteiger charge is -2.17. The topological polar surface area (TPSA) is 64.9 Å². The van der Waals surface area contributed by atoms with Gasteiger partial charge in [0.25, 0.3) is 0 Å². The quantitative estimate of drug-likeness (QED) is 0.873. The average molecular weight is 307 g/mol. The fourth-order valence-electron chi connectivity index (χ4n) is 2.23. The number of amides is 1. The zero-order valence-corrected chi connectivity index (χ0v) is 13.6. The van der Waals surface area contributed by atoms with Gasteiger partial charge in [-0.15, -0.1) is 0 Å². The van der Waals surface area contributed by atoms with E-state index in [-0.39, 0.29) is 5.91 Å². The van der Waals surface area contributed by atoms with Crippen LogP contribution in [0.2, 0.25) is 0 Å². The van der Waals surface area contributed by atoms with E-state index in [0.717, 1.165) is 5.69 Å². The van der Waals surface area contributed by atoms with Crippen LogP contribution in [0.25, 0.3) is 0 Å². The van der Waals surface area contributed by atoms with E-state index in [1.54, 1.807) is 31.2 Å². The molecule has 0 fully saturated rings. The van der Waals surface area contributed by atoms with Gasteiger partial charge in [0, 0.05) is 5.69 Å². The molecule has 0 spiro atoms. The second-order valence-corrected chi connectivity index (χ2v) is 5.79. The molecule has 0 radical (unpaired) electrons. The van der Waals surface area contributed by atoms with Crippen molar-refractivity contribution in [2.45, 2.75) is 32.7 Å². The number of nitrogens with zero attached hydrogens (tertiary/aromatic N) is 1. The Bertz CT molecular complexity index is 731. The number of rotatable bonds is 5. The molecule has 2 N–H and O–H groups in total. The van der Waals surface area contributed by atoms with Gasteiger partial charge in [-0.25, -0.2) is 0 Å². The first-order valence-corrected chi connectivity index (χ1v) is 7.67. The van der Waals surface area contributed by atoms with Crippen LogP contribution in [0, 0.1) is 11.3 Å². The van der Waals surface area contributed by atoms with Gasteiger partial charge in [-0.2, -0.15) is 5.26 Å². The summed E-state index contributed by atoms with van der Waals surface area (Å²) in [5.41, 5.74) is 3.12. The van der Waals surface area contributed by atoms with Gasteiger partial charge in [0.2, 0.25) is 5.91 Å². The van der Waals surface area contributed by atoms with Gasteiger partial charge in [-0.3, -0.25) is 4.79 Å². The first-order chi connectivity index (χ1) is 11.0. The van der Waals surface area contributed by atoms with Crippen LogP contribution in [0.1, 0.15) is 37.8 Å². The first kappa shape index (κ1) is 16.6. The third-order valence-electron chi connectivity index (χ3n) is 3.64. The maximum absolute atomic E-state index is 12.3. The van der Waals surface area contributed by atoms with Gasteiger partial charge in [0.15, 0.2) is 0 Å². The Labute approximate surface area is 137 Å². The molecule has 2 aromatic rings. The number of nitriles is 1. The van der Waals surface area contributed by atoms with Crippen LogP contribution in [-0.4, -0.2) is 11.9 Å². The van der Waals surface area contributed by atoms with Crippen molar-refractivity contribution in [2.75, 3.05) is 10.6 Å². The molecular formula is C19H21N3O. The minimum absolute atomic E-state index is 0.178. The molecular weight excluding hydrogens is 286 g/mol. The maximum atomic E-state index is 12.3. The normalized spacial score (nSPS) is 11.6. The molecule has 1 amide bonds. The highest BCUT2D eigenvalue weighted by atomic mass is 16.2. The Balaban J connectivity index is 2.06. The predicted molar refractivity (Wildman–Crippen MR) is 93.4 cm³/mol. The summed E-state index contributed by atoms with van der Waals surface area (Å²) >= 11 is 0. The zero-order valence-electron chi connectivity index (χ0n) is 13.6. The van der Waals surface area contributed by atoms with Gasteiger partial charge in [-0.05, 0) is 42.7 Å². The summed E-state index contributed by atoms with van der Waals surface area (Å²) in [6, 6.07) is 16.7. The lowest BCUT2D eigenvalue weighted by atomic mass is 10.0. The Hall–Kier alpha value is -2.80. The molecule has 2 aromatic carbocycles. The summed E-state index contributed by atoms with van der Waals surface area (Å²) in [5, 5.41) is 15.1. The standard InChI is InChI=1S/C19H21N3O/c1-13(2)15-8-6-9-17(11-15)21-14(3)19(23)22-18-10-5-4-7-16(18)12-20/h4-11,13-14,21H,1-3H3,(H,22,23)/t14-/m1/s1. The van der Waals surface area contributed by atoms with E-state index in [1.807, 2.05) is 12.1 Å². The van der Waals surface area contributed by atoms with Crippen molar-refractivity contribution in [3.63, 3.8) is 0 Å². The van der Waals surface area contributed by atoms with E-state index in [1.165, 1.54) is 5.56 Å². The molecule has 1 atom stereocenters. The average Bonchev–Trinajstić information content (AvgIpc) is 2.55. The highest BCUT2D eigenvalue weighted by Crippen LogP contribution is 2.19. The minimum Gasteiger partial charge on any atom is -0.374 e. The number of hydrogen-bond donors (Lipinski definition) is 2. The van der Waals surface area contributed by atoms with E-state index in [2.05, 4.69) is 42.7 Å². The fraction of sp³-hybridized carbons (Fsp3) is 0.263. The van der Waals surface area contributed by atoms with Crippen molar-refractivity contribution in [3.05, 3.63) is 59.7 Å². The van der Waals surface area contributed by atoms with Gasteiger partial charge in [-0.1, -0.05) is 38.1 Å². The second kappa shape index (κ2) is 7.46. The van der Waals surface area contributed by atoms with Crippen molar-refractivity contribution in [1.82, 2.24) is 0 Å². The highest BCUT2D eigenvalue weighted by Gasteiger charge is 2.14. The number of para-hydroxylation sites is 1. The van der Waals surface area contributed by atoms with Crippen LogP contribution in [0.15, 0.2) is 48.5 Å². The molecule has 118 valence electrons. The molecule has 4 nitrogen and oxygen atoms in total. The minimum atomic E-state index is -0.413. The summed E-state index contributed by atoms with van der Waals surface area (Å²) in [6.45, 7) is 6.06. The van der Waals surface area contributed by atoms with Crippen molar-refractivity contribution in [1.29, 1.82) is 5.26 Å². The molecule has 0 unspecified atom stereocenters. The molecule has 0 aromatic heterocycles. The van der Waals surface area contributed by atoms with Crippen molar-refractivity contribution < 1.29 is 4.79 Å². The van der Waals surface area contributed by atoms with Crippen LogP contribution < -0.4 is 10.6 Å². The highest BCUT2D eigenvalue weighted by molar-refractivity contribution is 5.97. The summed E-state index contributed by atoms with van der Waals surface area (Å²) in [4.78, 5) is 12.3. The van der Waals surface area contributed by atoms with Crippen LogP contribution >= 0.6 is 0 Å². The lowest BCUT2D eigenvalue weighted by molar-refractivity contribution is -0.116. The Morgan fingerprint density at radius 2 is 1.83 bits per heavy atom. The van der Waals surface area contributed by atoms with Crippen molar-refractivity contribution in [3.8, 4) is 6.07 Å². The first-order valence-electron chi connectivity index (χ1n) is 7.67. The molecule has 2 rings (SSSR count). The number of carbonyl (C=O) groups is 1. The van der Waals surface area contributed by atoms with Crippen LogP contribution in [-0.2, 0) is 4.79 Å². The number of anilines is 2. The molecule has 0 bridgehead atoms. The third-order valence-corrected chi connectivity index (χ3v) is 3.64. The van der Waals surface area contributed by atoms with Gasteiger partial charge in [0.05, 0.1) is 11.3 Å². The van der Waals surface area contributed by atoms with E-state index < -0.39 is 6.04 Å². The molecule has 23 heavy (non-hydrogen) atoms. The number of hydrogen-bond acceptors (Lipinski definition) is 3. The van der Waals surface area contributed by atoms with Gasteiger partial charge in [0.1, 0.15) is 12.1 Å². The van der Waals surface area contributed by atoms with E-state index >= 15 is 0 Å². The second-order valence-electron chi connectivity index (χ2n) is 5.79. The molecule has 4 heteroatoms. The number of carbonyl (C=O) groups excluding carboxylic acids is 1. The van der Waals surface area contributed by atoms with Crippen LogP contribution in [0.3, 0.4) is 0 Å². The maximum Gasteiger partial charge on any atom is 0.246 e. The van der Waals surface area contributed by atoms with E-state index in [4.69, 9.17) is 5.26 Å². The molecule has 0 saturated carbocycles. The Morgan fingerprint density at radius 3 is 2.52 bits per heavy atom. The molecule has 0 aliphatic carbocycles. The summed E-state index contributed by atoms with van der Waals surface area (Å²) in [6.07, 6.45) is 0. The fourth-order valence-corrected chi connectivity index (χ4v) is 2.23. The van der Waals surface area contributed by atoms with Crippen LogP contribution in [0.4, 0.5) is 11.4 Å². The summed E-state index contributed by atoms with van der Waals surface area (Å²) in [5.74, 6) is 0.256. The van der Waals surface area contributed by atoms with E-state index in [9.17, 15) is 4.79 Å². The SMILES string of the molecule is CC(C)c1cccc(N[C@H](C)C(=O)Nc2ccccc2C#N)c1. The van der Waals surface area contributed by atoms with Crippen molar-refractivity contribution in [2.24, 2.45) is 0 Å². The largest absolute Gasteiger partial charge is 0.374 e. The summed E-state index contributed by atoms with van der Waals surface area (Å²) in [7, 11) is 0. The molecule has 0 aliphatic heterocycles. The Morgan fingerprint density at radius 1 is 1.09 bits per heavy atom. The van der Waals surface area contributed by atoms with Gasteiger partial charge >= 0.3 is 0 Å². The van der Waals surface area contributed by atoms with E-state index in [0.29, 0.717) is 17.2 Å². The molecule has 0 heterocycles. The zero-order chi connectivity index (χ0) is 16.8. The van der Waals surface area contributed by atoms with Gasteiger partial charge < -0.3 is 10.6 Å². The van der Waals surface area contributed by atoms with Crippen molar-refractivity contribution >= 4 is 17.3 Å². The summed E-state index contributed by atoms with van der Waals surface area (Å²) < 4.78 is 0. The molecule has 0 aliphatic rings. The van der Waals surface area contributed by atoms with Crippen LogP contribution in [0.5, 0.6) is 0 Å².